The van der Waals surface area contributed by atoms with E-state index in [0.717, 1.165) is 5.56 Å². The predicted molar refractivity (Wildman–Crippen MR) is 51.9 cm³/mol. The molecule has 0 aliphatic heterocycles. The van der Waals surface area contributed by atoms with Crippen LogP contribution in [0.15, 0.2) is 23.1 Å². The maximum absolute atomic E-state index is 11.4. The summed E-state index contributed by atoms with van der Waals surface area (Å²) in [4.78, 5) is 22.1. The third-order valence-corrected chi connectivity index (χ3v) is 1.83. The lowest BCUT2D eigenvalue weighted by atomic mass is 10.3. The molecule has 76 valence electrons. The molecule has 0 aliphatic carbocycles. The molecule has 1 rings (SSSR count). The summed E-state index contributed by atoms with van der Waals surface area (Å²) < 4.78 is 6.25. The van der Waals surface area contributed by atoms with Gasteiger partial charge in [-0.15, -0.1) is 0 Å². The quantitative estimate of drug-likeness (QED) is 0.667. The fourth-order valence-corrected chi connectivity index (χ4v) is 1.19. The predicted octanol–water partition coefficient (Wildman–Crippen LogP) is 1.24. The molecule has 0 spiro atoms. The average Bonchev–Trinajstić information content (AvgIpc) is 2.01. The van der Waals surface area contributed by atoms with Crippen LogP contribution in [0.3, 0.4) is 0 Å². The molecule has 0 aromatic carbocycles. The number of carbonyl (C=O) groups is 1. The topological polar surface area (TPSA) is 48.3 Å². The van der Waals surface area contributed by atoms with E-state index in [1.165, 1.54) is 17.6 Å². The van der Waals surface area contributed by atoms with E-state index < -0.39 is 12.2 Å². The Morgan fingerprint density at radius 3 is 2.71 bits per heavy atom. The zero-order valence-electron chi connectivity index (χ0n) is 8.48. The first-order valence-electron chi connectivity index (χ1n) is 4.36. The van der Waals surface area contributed by atoms with Crippen LogP contribution in [0.5, 0.6) is 0 Å². The molecule has 1 heterocycles. The summed E-state index contributed by atoms with van der Waals surface area (Å²) in [7, 11) is 0. The number of pyridine rings is 1. The second-order valence-corrected chi connectivity index (χ2v) is 3.16. The van der Waals surface area contributed by atoms with E-state index in [1.807, 2.05) is 6.92 Å². The summed E-state index contributed by atoms with van der Waals surface area (Å²) in [5, 5.41) is 0. The van der Waals surface area contributed by atoms with Gasteiger partial charge in [0.05, 0.1) is 0 Å². The van der Waals surface area contributed by atoms with Crippen LogP contribution in [-0.4, -0.2) is 10.5 Å². The van der Waals surface area contributed by atoms with Crippen molar-refractivity contribution in [2.24, 2.45) is 0 Å². The molecule has 0 amide bonds. The van der Waals surface area contributed by atoms with E-state index in [2.05, 4.69) is 0 Å². The molecule has 1 atom stereocenters. The van der Waals surface area contributed by atoms with Crippen molar-refractivity contribution in [2.75, 3.05) is 0 Å². The van der Waals surface area contributed by atoms with Crippen molar-refractivity contribution in [3.05, 3.63) is 34.2 Å². The monoisotopic (exact) mass is 195 g/mol. The Morgan fingerprint density at radius 1 is 1.57 bits per heavy atom. The Morgan fingerprint density at radius 2 is 2.21 bits per heavy atom. The summed E-state index contributed by atoms with van der Waals surface area (Å²) >= 11 is 0. The highest BCUT2D eigenvalue weighted by atomic mass is 16.6. The van der Waals surface area contributed by atoms with E-state index in [4.69, 9.17) is 4.74 Å². The zero-order valence-corrected chi connectivity index (χ0v) is 8.48. The van der Waals surface area contributed by atoms with Gasteiger partial charge in [-0.3, -0.25) is 14.2 Å². The number of carbonyl (C=O) groups excluding carboxylic acids is 1. The fraction of sp³-hybridized carbons (Fsp3) is 0.400. The third-order valence-electron chi connectivity index (χ3n) is 1.83. The second-order valence-electron chi connectivity index (χ2n) is 3.16. The van der Waals surface area contributed by atoms with E-state index in [9.17, 15) is 9.59 Å². The van der Waals surface area contributed by atoms with E-state index in [0.29, 0.717) is 0 Å². The van der Waals surface area contributed by atoms with Gasteiger partial charge in [0.15, 0.2) is 6.23 Å². The van der Waals surface area contributed by atoms with Crippen molar-refractivity contribution >= 4 is 5.97 Å². The van der Waals surface area contributed by atoms with Crippen LogP contribution in [0, 0.1) is 6.92 Å². The van der Waals surface area contributed by atoms with Gasteiger partial charge in [0, 0.05) is 19.2 Å². The summed E-state index contributed by atoms with van der Waals surface area (Å²) in [6.45, 7) is 4.80. The average molecular weight is 195 g/mol. The number of aryl methyl sites for hydroxylation is 1. The first-order chi connectivity index (χ1) is 6.50. The van der Waals surface area contributed by atoms with E-state index >= 15 is 0 Å². The maximum atomic E-state index is 11.4. The largest absolute Gasteiger partial charge is 0.442 e. The molecule has 4 nitrogen and oxygen atoms in total. The number of aromatic nitrogens is 1. The van der Waals surface area contributed by atoms with Crippen molar-refractivity contribution in [1.82, 2.24) is 4.57 Å². The van der Waals surface area contributed by atoms with Crippen LogP contribution in [0.1, 0.15) is 25.6 Å². The number of hydrogen-bond donors (Lipinski definition) is 0. The van der Waals surface area contributed by atoms with Gasteiger partial charge in [-0.2, -0.15) is 0 Å². The molecule has 0 saturated heterocycles. The maximum Gasteiger partial charge on any atom is 0.304 e. The number of ether oxygens (including phenoxy) is 1. The SMILES string of the molecule is CC(=O)OC(C)n1ccc(C)cc1=O. The van der Waals surface area contributed by atoms with Crippen molar-refractivity contribution in [2.45, 2.75) is 27.0 Å². The lowest BCUT2D eigenvalue weighted by Gasteiger charge is -2.14. The van der Waals surface area contributed by atoms with Crippen molar-refractivity contribution in [3.63, 3.8) is 0 Å². The molecule has 1 unspecified atom stereocenters. The summed E-state index contributed by atoms with van der Waals surface area (Å²) in [5.41, 5.74) is 0.722. The smallest absolute Gasteiger partial charge is 0.304 e. The Kier molecular flexibility index (Phi) is 3.06. The van der Waals surface area contributed by atoms with Crippen LogP contribution in [-0.2, 0) is 9.53 Å². The van der Waals surface area contributed by atoms with Gasteiger partial charge in [-0.1, -0.05) is 0 Å². The van der Waals surface area contributed by atoms with Crippen LogP contribution in [0.2, 0.25) is 0 Å². The van der Waals surface area contributed by atoms with Gasteiger partial charge < -0.3 is 4.74 Å². The van der Waals surface area contributed by atoms with Crippen molar-refractivity contribution < 1.29 is 9.53 Å². The Bertz CT molecular complexity index is 395. The minimum atomic E-state index is -0.555. The molecule has 4 heteroatoms. The van der Waals surface area contributed by atoms with Crippen molar-refractivity contribution in [1.29, 1.82) is 0 Å². The summed E-state index contributed by atoms with van der Waals surface area (Å²) in [6, 6.07) is 3.29. The Labute approximate surface area is 82.1 Å². The first-order valence-corrected chi connectivity index (χ1v) is 4.36. The van der Waals surface area contributed by atoms with Gasteiger partial charge >= 0.3 is 5.97 Å². The molecule has 14 heavy (non-hydrogen) atoms. The highest BCUT2D eigenvalue weighted by molar-refractivity contribution is 5.65. The molecule has 0 saturated carbocycles. The Balaban J connectivity index is 2.96. The normalized spacial score (nSPS) is 12.2. The standard InChI is InChI=1S/C10H13NO3/c1-7-4-5-11(10(13)6-7)8(2)14-9(3)12/h4-6,8H,1-3H3. The first kappa shape index (κ1) is 10.5. The molecule has 1 aromatic heterocycles. The highest BCUT2D eigenvalue weighted by Gasteiger charge is 2.08. The van der Waals surface area contributed by atoms with Crippen LogP contribution in [0.25, 0.3) is 0 Å². The van der Waals surface area contributed by atoms with Crippen LogP contribution < -0.4 is 5.56 Å². The molecule has 0 bridgehead atoms. The molecule has 0 fully saturated rings. The highest BCUT2D eigenvalue weighted by Crippen LogP contribution is 2.04. The van der Waals surface area contributed by atoms with Gasteiger partial charge in [0.2, 0.25) is 0 Å². The van der Waals surface area contributed by atoms with Gasteiger partial charge in [0.1, 0.15) is 0 Å². The summed E-state index contributed by atoms with van der Waals surface area (Å²) in [6.07, 6.45) is 1.06. The molecule has 0 radical (unpaired) electrons. The molecule has 0 N–H and O–H groups in total. The van der Waals surface area contributed by atoms with Gasteiger partial charge in [-0.05, 0) is 25.5 Å². The number of hydrogen-bond acceptors (Lipinski definition) is 3. The van der Waals surface area contributed by atoms with Gasteiger partial charge in [0.25, 0.3) is 5.56 Å². The number of nitrogens with zero attached hydrogens (tertiary/aromatic N) is 1. The third kappa shape index (κ3) is 2.45. The minimum absolute atomic E-state index is 0.168. The fourth-order valence-electron chi connectivity index (χ4n) is 1.19. The van der Waals surface area contributed by atoms with E-state index in [-0.39, 0.29) is 5.56 Å². The van der Waals surface area contributed by atoms with Crippen molar-refractivity contribution in [3.8, 4) is 0 Å². The summed E-state index contributed by atoms with van der Waals surface area (Å²) in [5.74, 6) is -0.398. The molecule has 0 aliphatic rings. The second kappa shape index (κ2) is 4.09. The molecular formula is C10H13NO3. The zero-order chi connectivity index (χ0) is 10.7. The lowest BCUT2D eigenvalue weighted by Crippen LogP contribution is -2.24. The Hall–Kier alpha value is -1.58. The van der Waals surface area contributed by atoms with Crippen LogP contribution >= 0.6 is 0 Å². The van der Waals surface area contributed by atoms with E-state index in [1.54, 1.807) is 19.2 Å². The van der Waals surface area contributed by atoms with Gasteiger partial charge in [-0.25, -0.2) is 0 Å². The number of rotatable bonds is 2. The van der Waals surface area contributed by atoms with Crippen LogP contribution in [0.4, 0.5) is 0 Å². The molecular weight excluding hydrogens is 182 g/mol. The lowest BCUT2D eigenvalue weighted by molar-refractivity contribution is -0.149. The number of esters is 1. The molecule has 1 aromatic rings. The minimum Gasteiger partial charge on any atom is -0.442 e.